The van der Waals surface area contributed by atoms with E-state index in [1.54, 1.807) is 6.20 Å². The summed E-state index contributed by atoms with van der Waals surface area (Å²) in [7, 11) is 0. The molecule has 0 aliphatic rings. The Balaban J connectivity index is 1.79. The van der Waals surface area contributed by atoms with Crippen LogP contribution in [-0.4, -0.2) is 25.1 Å². The van der Waals surface area contributed by atoms with Crippen LogP contribution in [0.15, 0.2) is 24.9 Å². The molecule has 2 heterocycles. The van der Waals surface area contributed by atoms with E-state index in [1.165, 1.54) is 12.7 Å². The lowest BCUT2D eigenvalue weighted by molar-refractivity contribution is 0.652. The van der Waals surface area contributed by atoms with Crippen LogP contribution < -0.4 is 5.32 Å². The summed E-state index contributed by atoms with van der Waals surface area (Å²) in [5.41, 5.74) is 0.958. The van der Waals surface area contributed by atoms with E-state index in [4.69, 9.17) is 0 Å². The quantitative estimate of drug-likeness (QED) is 0.703. The van der Waals surface area contributed by atoms with Crippen molar-refractivity contribution in [2.24, 2.45) is 0 Å². The monoisotopic (exact) mass is 190 g/mol. The van der Waals surface area contributed by atoms with Gasteiger partial charge in [0.1, 0.15) is 18.5 Å². The molecule has 0 unspecified atom stereocenters. The van der Waals surface area contributed by atoms with Crippen LogP contribution in [0.5, 0.6) is 0 Å². The molecular weight excluding hydrogens is 180 g/mol. The van der Waals surface area contributed by atoms with E-state index in [1.807, 2.05) is 6.07 Å². The first-order valence-corrected chi connectivity index (χ1v) is 4.25. The van der Waals surface area contributed by atoms with Crippen LogP contribution in [0.4, 0.5) is 0 Å². The highest BCUT2D eigenvalue weighted by molar-refractivity contribution is 4.97. The molecule has 0 aliphatic heterocycles. The number of hydrogen-bond acceptors (Lipinski definition) is 5. The lowest BCUT2D eigenvalue weighted by Crippen LogP contribution is -2.14. The van der Waals surface area contributed by atoms with Crippen molar-refractivity contribution >= 4 is 0 Å². The summed E-state index contributed by atoms with van der Waals surface area (Å²) in [6.45, 7) is 1.35. The van der Waals surface area contributed by atoms with Gasteiger partial charge >= 0.3 is 0 Å². The topological polar surface area (TPSA) is 79.4 Å². The highest BCUT2D eigenvalue weighted by atomic mass is 15.2. The maximum absolute atomic E-state index is 4.08. The van der Waals surface area contributed by atoms with Crippen LogP contribution >= 0.6 is 0 Å². The molecule has 0 aromatic carbocycles. The van der Waals surface area contributed by atoms with E-state index >= 15 is 0 Å². The molecule has 14 heavy (non-hydrogen) atoms. The number of aromatic amines is 1. The summed E-state index contributed by atoms with van der Waals surface area (Å²) in [4.78, 5) is 11.9. The first-order chi connectivity index (χ1) is 6.95. The molecule has 0 atom stereocenters. The van der Waals surface area contributed by atoms with Gasteiger partial charge in [-0.15, -0.1) is 0 Å². The Morgan fingerprint density at radius 3 is 2.93 bits per heavy atom. The second-order valence-corrected chi connectivity index (χ2v) is 2.74. The van der Waals surface area contributed by atoms with Crippen LogP contribution in [-0.2, 0) is 13.1 Å². The van der Waals surface area contributed by atoms with Crippen molar-refractivity contribution in [3.63, 3.8) is 0 Å². The van der Waals surface area contributed by atoms with Crippen molar-refractivity contribution in [3.8, 4) is 0 Å². The molecule has 0 spiro atoms. The summed E-state index contributed by atoms with van der Waals surface area (Å²) < 4.78 is 0. The SMILES string of the molecule is c1cc(CNCc2ncn[nH]2)ncn1. The second kappa shape index (κ2) is 4.43. The molecule has 0 bridgehead atoms. The van der Waals surface area contributed by atoms with Gasteiger partial charge in [-0.25, -0.2) is 15.0 Å². The standard InChI is InChI=1S/C8H10N6/c1-2-9-5-11-7(1)3-10-4-8-12-6-13-14-8/h1-2,5-6,10H,3-4H2,(H,12,13,14). The predicted octanol–water partition coefficient (Wildman–Crippen LogP) is -0.116. The Kier molecular flexibility index (Phi) is 2.77. The Morgan fingerprint density at radius 1 is 1.21 bits per heavy atom. The third-order valence-electron chi connectivity index (χ3n) is 1.71. The minimum atomic E-state index is 0.657. The van der Waals surface area contributed by atoms with Gasteiger partial charge < -0.3 is 5.32 Å². The van der Waals surface area contributed by atoms with Gasteiger partial charge in [0.25, 0.3) is 0 Å². The summed E-state index contributed by atoms with van der Waals surface area (Å²) in [6.07, 6.45) is 4.74. The van der Waals surface area contributed by atoms with E-state index in [-0.39, 0.29) is 0 Å². The number of nitrogens with one attached hydrogen (secondary N) is 2. The molecule has 72 valence electrons. The first kappa shape index (κ1) is 8.76. The molecule has 0 aliphatic carbocycles. The number of rotatable bonds is 4. The summed E-state index contributed by atoms with van der Waals surface area (Å²) in [6, 6.07) is 1.87. The minimum absolute atomic E-state index is 0.657. The molecule has 2 rings (SSSR count). The number of hydrogen-bond donors (Lipinski definition) is 2. The predicted molar refractivity (Wildman–Crippen MR) is 49.0 cm³/mol. The smallest absolute Gasteiger partial charge is 0.138 e. The van der Waals surface area contributed by atoms with Gasteiger partial charge in [-0.2, -0.15) is 5.10 Å². The van der Waals surface area contributed by atoms with Crippen molar-refractivity contribution < 1.29 is 0 Å². The Hall–Kier alpha value is -1.82. The van der Waals surface area contributed by atoms with Gasteiger partial charge in [-0.05, 0) is 6.07 Å². The normalized spacial score (nSPS) is 10.3. The molecule has 2 N–H and O–H groups in total. The van der Waals surface area contributed by atoms with Crippen molar-refractivity contribution in [1.29, 1.82) is 0 Å². The highest BCUT2D eigenvalue weighted by Crippen LogP contribution is 1.91. The molecule has 0 saturated carbocycles. The van der Waals surface area contributed by atoms with Gasteiger partial charge in [0.15, 0.2) is 0 Å². The number of nitrogens with zero attached hydrogens (tertiary/aromatic N) is 4. The van der Waals surface area contributed by atoms with Crippen molar-refractivity contribution in [3.05, 3.63) is 36.4 Å². The number of H-pyrrole nitrogens is 1. The molecule has 0 saturated heterocycles. The fraction of sp³-hybridized carbons (Fsp3) is 0.250. The average Bonchev–Trinajstić information content (AvgIpc) is 2.72. The maximum Gasteiger partial charge on any atom is 0.138 e. The second-order valence-electron chi connectivity index (χ2n) is 2.74. The molecule has 2 aromatic heterocycles. The van der Waals surface area contributed by atoms with E-state index in [2.05, 4.69) is 30.5 Å². The van der Waals surface area contributed by atoms with E-state index in [0.717, 1.165) is 11.5 Å². The summed E-state index contributed by atoms with van der Waals surface area (Å²) >= 11 is 0. The van der Waals surface area contributed by atoms with Gasteiger partial charge in [0, 0.05) is 12.7 Å². The van der Waals surface area contributed by atoms with Crippen molar-refractivity contribution in [1.82, 2.24) is 30.5 Å². The third-order valence-corrected chi connectivity index (χ3v) is 1.71. The van der Waals surface area contributed by atoms with E-state index in [0.29, 0.717) is 13.1 Å². The minimum Gasteiger partial charge on any atom is -0.304 e. The zero-order valence-electron chi connectivity index (χ0n) is 7.51. The van der Waals surface area contributed by atoms with Crippen molar-refractivity contribution in [2.75, 3.05) is 0 Å². The summed E-state index contributed by atoms with van der Waals surface area (Å²) in [5.74, 6) is 0.819. The maximum atomic E-state index is 4.08. The fourth-order valence-electron chi connectivity index (χ4n) is 1.05. The molecule has 6 heteroatoms. The lowest BCUT2D eigenvalue weighted by atomic mass is 10.4. The lowest BCUT2D eigenvalue weighted by Gasteiger charge is -2.00. The molecule has 2 aromatic rings. The largest absolute Gasteiger partial charge is 0.304 e. The molecule has 6 nitrogen and oxygen atoms in total. The zero-order chi connectivity index (χ0) is 9.64. The fourth-order valence-corrected chi connectivity index (χ4v) is 1.05. The van der Waals surface area contributed by atoms with Gasteiger partial charge in [-0.1, -0.05) is 0 Å². The van der Waals surface area contributed by atoms with Crippen LogP contribution in [0, 0.1) is 0 Å². The van der Waals surface area contributed by atoms with Crippen LogP contribution in [0.25, 0.3) is 0 Å². The number of aromatic nitrogens is 5. The summed E-state index contributed by atoms with van der Waals surface area (Å²) in [5, 5.41) is 9.69. The molecular formula is C8H10N6. The van der Waals surface area contributed by atoms with Gasteiger partial charge in [-0.3, -0.25) is 5.10 Å². The van der Waals surface area contributed by atoms with Crippen LogP contribution in [0.2, 0.25) is 0 Å². The van der Waals surface area contributed by atoms with Crippen LogP contribution in [0.3, 0.4) is 0 Å². The first-order valence-electron chi connectivity index (χ1n) is 4.25. The van der Waals surface area contributed by atoms with Crippen LogP contribution in [0.1, 0.15) is 11.5 Å². The van der Waals surface area contributed by atoms with Gasteiger partial charge in [0.05, 0.1) is 12.2 Å². The highest BCUT2D eigenvalue weighted by Gasteiger charge is 1.95. The molecule has 0 amide bonds. The average molecular weight is 190 g/mol. The zero-order valence-corrected chi connectivity index (χ0v) is 7.51. The third kappa shape index (κ3) is 2.33. The van der Waals surface area contributed by atoms with Gasteiger partial charge in [0.2, 0.25) is 0 Å². The molecule has 0 fully saturated rings. The molecule has 0 radical (unpaired) electrons. The Morgan fingerprint density at radius 2 is 2.21 bits per heavy atom. The van der Waals surface area contributed by atoms with E-state index < -0.39 is 0 Å². The Bertz CT molecular complexity index is 357. The van der Waals surface area contributed by atoms with E-state index in [9.17, 15) is 0 Å². The van der Waals surface area contributed by atoms with Crippen molar-refractivity contribution in [2.45, 2.75) is 13.1 Å². The Labute approximate surface area is 80.8 Å².